The van der Waals surface area contributed by atoms with Gasteiger partial charge in [0.05, 0.1) is 6.54 Å². The molecule has 0 amide bonds. The van der Waals surface area contributed by atoms with E-state index >= 15 is 0 Å². The molecule has 52 heavy (non-hydrogen) atoms. The van der Waals surface area contributed by atoms with Crippen molar-refractivity contribution >= 4 is 57.2 Å². The number of fused-ring (bicyclic) bond motifs is 5. The first-order chi connectivity index (χ1) is 25.7. The summed E-state index contributed by atoms with van der Waals surface area (Å²) in [5.41, 5.74) is 11.7. The van der Waals surface area contributed by atoms with Crippen molar-refractivity contribution in [1.29, 1.82) is 0 Å². The third-order valence-corrected chi connectivity index (χ3v) is 9.93. The molecule has 248 valence electrons. The molecule has 0 N–H and O–H groups in total. The standard InChI is InChI=1S/C48H35N3O/c1-49-47(36-15-6-3-7-16-36)51-48(50-31-32-12-4-2-5-13-32)42-27-26-41(46-45(42)43-29-38-18-10-11-19-39(38)30-44(43)52-46)35-23-20-34(21-24-35)40-25-22-33-14-8-9-17-37(33)28-40/h2-7,9-13,15-30H,1,8,14,31H2. The zero-order chi connectivity index (χ0) is 34.9. The van der Waals surface area contributed by atoms with Crippen LogP contribution in [0.15, 0.2) is 177 Å². The lowest BCUT2D eigenvalue weighted by Crippen LogP contribution is -2.06. The lowest BCUT2D eigenvalue weighted by Gasteiger charge is -2.13. The maximum absolute atomic E-state index is 6.85. The molecular formula is C48H35N3O. The van der Waals surface area contributed by atoms with Gasteiger partial charge in [-0.1, -0.05) is 133 Å². The second kappa shape index (κ2) is 13.6. The van der Waals surface area contributed by atoms with Crippen LogP contribution in [0.25, 0.3) is 61.0 Å². The molecule has 1 heterocycles. The number of hydrogen-bond acceptors (Lipinski definition) is 2. The predicted octanol–water partition coefficient (Wildman–Crippen LogP) is 12.1. The van der Waals surface area contributed by atoms with E-state index in [1.165, 1.54) is 22.3 Å². The molecule has 8 aromatic rings. The number of benzene rings is 7. The highest BCUT2D eigenvalue weighted by Crippen LogP contribution is 2.41. The average Bonchev–Trinajstić information content (AvgIpc) is 3.59. The molecule has 0 fully saturated rings. The van der Waals surface area contributed by atoms with Crippen LogP contribution in [0, 0.1) is 0 Å². The first kappa shape index (κ1) is 31.3. The van der Waals surface area contributed by atoms with Gasteiger partial charge in [-0.3, -0.25) is 4.99 Å². The van der Waals surface area contributed by atoms with Gasteiger partial charge in [0, 0.05) is 27.5 Å². The van der Waals surface area contributed by atoms with Crippen LogP contribution in [-0.4, -0.2) is 18.4 Å². The number of furan rings is 1. The molecular weight excluding hydrogens is 635 g/mol. The Kier molecular flexibility index (Phi) is 8.18. The van der Waals surface area contributed by atoms with E-state index in [-0.39, 0.29) is 0 Å². The van der Waals surface area contributed by atoms with Crippen molar-refractivity contribution in [2.75, 3.05) is 0 Å². The van der Waals surface area contributed by atoms with Gasteiger partial charge in [0.2, 0.25) is 0 Å². The zero-order valence-corrected chi connectivity index (χ0v) is 28.7. The molecule has 0 aliphatic heterocycles. The van der Waals surface area contributed by atoms with Gasteiger partial charge in [-0.15, -0.1) is 0 Å². The fraction of sp³-hybridized carbons (Fsp3) is 0.0625. The van der Waals surface area contributed by atoms with Crippen molar-refractivity contribution in [3.8, 4) is 22.3 Å². The van der Waals surface area contributed by atoms with Crippen LogP contribution < -0.4 is 0 Å². The van der Waals surface area contributed by atoms with E-state index in [4.69, 9.17) is 14.4 Å². The molecule has 1 aliphatic rings. The Balaban J connectivity index is 1.23. The van der Waals surface area contributed by atoms with Crippen molar-refractivity contribution in [3.63, 3.8) is 0 Å². The number of amidine groups is 2. The summed E-state index contributed by atoms with van der Waals surface area (Å²) in [6.45, 7) is 4.34. The van der Waals surface area contributed by atoms with E-state index in [1.807, 2.05) is 48.5 Å². The van der Waals surface area contributed by atoms with E-state index in [0.717, 1.165) is 73.4 Å². The Morgan fingerprint density at radius 3 is 2.15 bits per heavy atom. The van der Waals surface area contributed by atoms with Crippen LogP contribution in [0.1, 0.15) is 34.2 Å². The Bertz CT molecular complexity index is 2700. The number of nitrogens with zero attached hydrogens (tertiary/aromatic N) is 3. The maximum Gasteiger partial charge on any atom is 0.161 e. The van der Waals surface area contributed by atoms with Crippen molar-refractivity contribution in [3.05, 3.63) is 186 Å². The molecule has 1 aliphatic carbocycles. The molecule has 0 saturated carbocycles. The van der Waals surface area contributed by atoms with E-state index in [1.54, 1.807) is 0 Å². The van der Waals surface area contributed by atoms with Crippen molar-refractivity contribution in [2.24, 2.45) is 15.0 Å². The topological polar surface area (TPSA) is 50.2 Å². The summed E-state index contributed by atoms with van der Waals surface area (Å²) in [4.78, 5) is 14.6. The van der Waals surface area contributed by atoms with Gasteiger partial charge in [0.1, 0.15) is 11.2 Å². The van der Waals surface area contributed by atoms with Gasteiger partial charge in [-0.05, 0) is 94.0 Å². The van der Waals surface area contributed by atoms with E-state index < -0.39 is 0 Å². The Labute approximate surface area is 302 Å². The Morgan fingerprint density at radius 1 is 0.654 bits per heavy atom. The van der Waals surface area contributed by atoms with Gasteiger partial charge in [0.25, 0.3) is 0 Å². The molecule has 0 atom stereocenters. The van der Waals surface area contributed by atoms with Gasteiger partial charge in [-0.2, -0.15) is 0 Å². The molecule has 1 aromatic heterocycles. The van der Waals surface area contributed by atoms with Gasteiger partial charge < -0.3 is 4.42 Å². The highest BCUT2D eigenvalue weighted by Gasteiger charge is 2.21. The van der Waals surface area contributed by atoms with Gasteiger partial charge in [0.15, 0.2) is 11.7 Å². The van der Waals surface area contributed by atoms with E-state index in [9.17, 15) is 0 Å². The third kappa shape index (κ3) is 5.95. The van der Waals surface area contributed by atoms with Crippen LogP contribution in [0.3, 0.4) is 0 Å². The molecule has 0 bridgehead atoms. The number of rotatable bonds is 6. The largest absolute Gasteiger partial charge is 0.455 e. The first-order valence-electron chi connectivity index (χ1n) is 17.7. The Morgan fingerprint density at radius 2 is 1.37 bits per heavy atom. The van der Waals surface area contributed by atoms with Crippen molar-refractivity contribution in [2.45, 2.75) is 19.4 Å². The minimum absolute atomic E-state index is 0.459. The molecule has 0 saturated heterocycles. The summed E-state index contributed by atoms with van der Waals surface area (Å²) in [6.07, 6.45) is 6.72. The summed E-state index contributed by atoms with van der Waals surface area (Å²) < 4.78 is 6.85. The highest BCUT2D eigenvalue weighted by atomic mass is 16.3. The highest BCUT2D eigenvalue weighted by molar-refractivity contribution is 6.24. The van der Waals surface area contributed by atoms with Crippen LogP contribution in [-0.2, 0) is 13.0 Å². The fourth-order valence-electron chi connectivity index (χ4n) is 7.24. The first-order valence-corrected chi connectivity index (χ1v) is 17.7. The normalized spacial score (nSPS) is 13.2. The quantitative estimate of drug-likeness (QED) is 0.128. The minimum atomic E-state index is 0.459. The van der Waals surface area contributed by atoms with Crippen LogP contribution in [0.5, 0.6) is 0 Å². The lowest BCUT2D eigenvalue weighted by atomic mass is 9.92. The molecule has 9 rings (SSSR count). The van der Waals surface area contributed by atoms with Gasteiger partial charge in [-0.25, -0.2) is 9.98 Å². The zero-order valence-electron chi connectivity index (χ0n) is 28.7. The molecule has 0 spiro atoms. The van der Waals surface area contributed by atoms with Crippen molar-refractivity contribution in [1.82, 2.24) is 0 Å². The van der Waals surface area contributed by atoms with Crippen LogP contribution in [0.4, 0.5) is 0 Å². The second-order valence-corrected chi connectivity index (χ2v) is 13.2. The fourth-order valence-corrected chi connectivity index (χ4v) is 7.24. The lowest BCUT2D eigenvalue weighted by molar-refractivity contribution is 0.670. The van der Waals surface area contributed by atoms with Gasteiger partial charge >= 0.3 is 0 Å². The summed E-state index contributed by atoms with van der Waals surface area (Å²) in [5, 5.41) is 4.25. The average molecular weight is 670 g/mol. The number of aliphatic imine (C=N–C) groups is 3. The summed E-state index contributed by atoms with van der Waals surface area (Å²) in [6, 6.07) is 52.8. The predicted molar refractivity (Wildman–Crippen MR) is 219 cm³/mol. The number of aryl methyl sites for hydroxylation is 1. The smallest absolute Gasteiger partial charge is 0.161 e. The molecule has 0 unspecified atom stereocenters. The van der Waals surface area contributed by atoms with Crippen molar-refractivity contribution < 1.29 is 4.42 Å². The minimum Gasteiger partial charge on any atom is -0.455 e. The summed E-state index contributed by atoms with van der Waals surface area (Å²) >= 11 is 0. The van der Waals surface area contributed by atoms with Crippen LogP contribution in [0.2, 0.25) is 0 Å². The number of hydrogen-bond donors (Lipinski definition) is 0. The summed E-state index contributed by atoms with van der Waals surface area (Å²) in [7, 11) is 0. The molecule has 4 heteroatoms. The van der Waals surface area contributed by atoms with E-state index in [0.29, 0.717) is 18.2 Å². The molecule has 7 aromatic carbocycles. The SMILES string of the molecule is C=NC(=NC(=NCc1ccccc1)c1ccc(-c2ccc(-c3ccc4c(c3)C=CCC4)cc2)c2oc3cc4ccccc4cc3c12)c1ccccc1. The monoisotopic (exact) mass is 669 g/mol. The van der Waals surface area contributed by atoms with Crippen LogP contribution >= 0.6 is 0 Å². The third-order valence-electron chi connectivity index (χ3n) is 9.93. The summed E-state index contributed by atoms with van der Waals surface area (Å²) in [5.74, 6) is 1.08. The second-order valence-electron chi connectivity index (χ2n) is 13.2. The molecule has 4 nitrogen and oxygen atoms in total. The van der Waals surface area contributed by atoms with E-state index in [2.05, 4.69) is 127 Å². The number of allylic oxidation sites excluding steroid dienone is 1. The maximum atomic E-state index is 6.85. The Hall–Kier alpha value is -6.65. The molecule has 0 radical (unpaired) electrons.